The lowest BCUT2D eigenvalue weighted by Crippen LogP contribution is -2.14. The van der Waals surface area contributed by atoms with Crippen molar-refractivity contribution < 1.29 is 9.59 Å². The molecule has 5 nitrogen and oxygen atoms in total. The molecule has 0 bridgehead atoms. The van der Waals surface area contributed by atoms with Crippen LogP contribution in [0, 0.1) is 6.92 Å². The van der Waals surface area contributed by atoms with Gasteiger partial charge in [-0.2, -0.15) is 0 Å². The SMILES string of the molecule is CC(=O)c1ccc(Nc2ccnc(C(=O)Nc3cc(Cl)ccc3C)c2)cc1. The van der Waals surface area contributed by atoms with Crippen LogP contribution in [0.25, 0.3) is 0 Å². The molecule has 3 aromatic rings. The fourth-order valence-electron chi connectivity index (χ4n) is 2.50. The monoisotopic (exact) mass is 379 g/mol. The number of hydrogen-bond acceptors (Lipinski definition) is 4. The molecule has 2 N–H and O–H groups in total. The first kappa shape index (κ1) is 18.6. The van der Waals surface area contributed by atoms with Crippen molar-refractivity contribution in [2.75, 3.05) is 10.6 Å². The number of halogens is 1. The maximum atomic E-state index is 12.5. The topological polar surface area (TPSA) is 71.1 Å². The van der Waals surface area contributed by atoms with Gasteiger partial charge in [-0.05, 0) is 67.9 Å². The molecule has 0 unspecified atom stereocenters. The first-order valence-corrected chi connectivity index (χ1v) is 8.72. The zero-order valence-corrected chi connectivity index (χ0v) is 15.7. The summed E-state index contributed by atoms with van der Waals surface area (Å²) in [5.41, 5.74) is 4.00. The Bertz CT molecular complexity index is 1000. The summed E-state index contributed by atoms with van der Waals surface area (Å²) in [6.45, 7) is 3.42. The minimum absolute atomic E-state index is 0.0146. The van der Waals surface area contributed by atoms with E-state index in [1.54, 1.807) is 42.6 Å². The van der Waals surface area contributed by atoms with Crippen LogP contribution in [0.1, 0.15) is 33.3 Å². The number of pyridine rings is 1. The lowest BCUT2D eigenvalue weighted by molar-refractivity contribution is 0.101. The van der Waals surface area contributed by atoms with Gasteiger partial charge in [0.1, 0.15) is 5.69 Å². The van der Waals surface area contributed by atoms with Crippen molar-refractivity contribution in [3.63, 3.8) is 0 Å². The van der Waals surface area contributed by atoms with Gasteiger partial charge in [-0.1, -0.05) is 17.7 Å². The van der Waals surface area contributed by atoms with Gasteiger partial charge in [-0.15, -0.1) is 0 Å². The summed E-state index contributed by atoms with van der Waals surface area (Å²) in [6.07, 6.45) is 1.56. The second kappa shape index (κ2) is 8.01. The second-order valence-electron chi connectivity index (χ2n) is 6.10. The number of ketones is 1. The third-order valence-corrected chi connectivity index (χ3v) is 4.26. The van der Waals surface area contributed by atoms with Crippen molar-refractivity contribution in [1.82, 2.24) is 4.98 Å². The number of nitrogens with one attached hydrogen (secondary N) is 2. The summed E-state index contributed by atoms with van der Waals surface area (Å²) in [4.78, 5) is 28.0. The van der Waals surface area contributed by atoms with E-state index in [1.165, 1.54) is 6.92 Å². The van der Waals surface area contributed by atoms with Crippen molar-refractivity contribution in [2.45, 2.75) is 13.8 Å². The first-order valence-electron chi connectivity index (χ1n) is 8.34. The maximum Gasteiger partial charge on any atom is 0.274 e. The number of nitrogens with zero attached hydrogens (tertiary/aromatic N) is 1. The summed E-state index contributed by atoms with van der Waals surface area (Å²) in [5, 5.41) is 6.57. The van der Waals surface area contributed by atoms with Crippen LogP contribution in [0.15, 0.2) is 60.8 Å². The van der Waals surface area contributed by atoms with Gasteiger partial charge < -0.3 is 10.6 Å². The molecule has 0 aliphatic heterocycles. The van der Waals surface area contributed by atoms with E-state index in [2.05, 4.69) is 15.6 Å². The first-order chi connectivity index (χ1) is 12.9. The van der Waals surface area contributed by atoms with Crippen molar-refractivity contribution in [1.29, 1.82) is 0 Å². The zero-order valence-electron chi connectivity index (χ0n) is 14.9. The van der Waals surface area contributed by atoms with Crippen LogP contribution < -0.4 is 10.6 Å². The van der Waals surface area contributed by atoms with Crippen LogP contribution in [0.2, 0.25) is 5.02 Å². The molecule has 0 saturated carbocycles. The van der Waals surface area contributed by atoms with E-state index >= 15 is 0 Å². The molecule has 3 rings (SSSR count). The number of amides is 1. The molecule has 27 heavy (non-hydrogen) atoms. The number of rotatable bonds is 5. The fourth-order valence-corrected chi connectivity index (χ4v) is 2.67. The van der Waals surface area contributed by atoms with Gasteiger partial charge in [0.25, 0.3) is 5.91 Å². The van der Waals surface area contributed by atoms with Gasteiger partial charge >= 0.3 is 0 Å². The van der Waals surface area contributed by atoms with Gasteiger partial charge in [0.05, 0.1) is 0 Å². The fraction of sp³-hybridized carbons (Fsp3) is 0.0952. The highest BCUT2D eigenvalue weighted by atomic mass is 35.5. The Balaban J connectivity index is 1.75. The summed E-state index contributed by atoms with van der Waals surface area (Å²) in [7, 11) is 0. The quantitative estimate of drug-likeness (QED) is 0.594. The normalized spacial score (nSPS) is 10.3. The van der Waals surface area contributed by atoms with E-state index in [1.807, 2.05) is 25.1 Å². The number of carbonyl (C=O) groups is 2. The van der Waals surface area contributed by atoms with Crippen molar-refractivity contribution in [3.8, 4) is 0 Å². The van der Waals surface area contributed by atoms with Crippen LogP contribution in [-0.4, -0.2) is 16.7 Å². The smallest absolute Gasteiger partial charge is 0.274 e. The van der Waals surface area contributed by atoms with Crippen molar-refractivity contribution in [3.05, 3.63) is 82.6 Å². The number of hydrogen-bond donors (Lipinski definition) is 2. The lowest BCUT2D eigenvalue weighted by atomic mass is 10.1. The molecular formula is C21H18ClN3O2. The third-order valence-electron chi connectivity index (χ3n) is 4.02. The van der Waals surface area contributed by atoms with Crippen LogP contribution in [0.3, 0.4) is 0 Å². The molecule has 0 saturated heterocycles. The van der Waals surface area contributed by atoms with Crippen LogP contribution in [0.4, 0.5) is 17.1 Å². The minimum atomic E-state index is -0.323. The number of carbonyl (C=O) groups excluding carboxylic acids is 2. The molecular weight excluding hydrogens is 362 g/mol. The molecule has 1 aromatic heterocycles. The Morgan fingerprint density at radius 3 is 2.41 bits per heavy atom. The van der Waals surface area contributed by atoms with Crippen LogP contribution in [0.5, 0.6) is 0 Å². The summed E-state index contributed by atoms with van der Waals surface area (Å²) >= 11 is 5.99. The van der Waals surface area contributed by atoms with Gasteiger partial charge in [-0.3, -0.25) is 14.6 Å². The number of benzene rings is 2. The van der Waals surface area contributed by atoms with E-state index in [4.69, 9.17) is 11.6 Å². The summed E-state index contributed by atoms with van der Waals surface area (Å²) in [5.74, 6) is -0.309. The van der Waals surface area contributed by atoms with Gasteiger partial charge in [0.2, 0.25) is 0 Å². The van der Waals surface area contributed by atoms with E-state index < -0.39 is 0 Å². The molecule has 0 aliphatic carbocycles. The van der Waals surface area contributed by atoms with E-state index in [0.29, 0.717) is 22.0 Å². The van der Waals surface area contributed by atoms with Gasteiger partial charge in [-0.25, -0.2) is 0 Å². The Labute approximate surface area is 162 Å². The molecule has 2 aromatic carbocycles. The minimum Gasteiger partial charge on any atom is -0.355 e. The Morgan fingerprint density at radius 1 is 0.963 bits per heavy atom. The van der Waals surface area contributed by atoms with Crippen molar-refractivity contribution in [2.24, 2.45) is 0 Å². The molecule has 6 heteroatoms. The molecule has 0 atom stereocenters. The lowest BCUT2D eigenvalue weighted by Gasteiger charge is -2.10. The number of Topliss-reactive ketones (excluding diaryl/α,β-unsaturated/α-hetero) is 1. The molecule has 0 radical (unpaired) electrons. The summed E-state index contributed by atoms with van der Waals surface area (Å²) in [6, 6.07) is 15.9. The molecule has 0 spiro atoms. The average Bonchev–Trinajstić information content (AvgIpc) is 2.65. The number of anilines is 3. The maximum absolute atomic E-state index is 12.5. The van der Waals surface area contributed by atoms with Gasteiger partial charge in [0.15, 0.2) is 5.78 Å². The highest BCUT2D eigenvalue weighted by molar-refractivity contribution is 6.31. The highest BCUT2D eigenvalue weighted by Gasteiger charge is 2.11. The summed E-state index contributed by atoms with van der Waals surface area (Å²) < 4.78 is 0. The Kier molecular flexibility index (Phi) is 5.52. The van der Waals surface area contributed by atoms with Crippen LogP contribution in [-0.2, 0) is 0 Å². The Hall–Kier alpha value is -3.18. The second-order valence-corrected chi connectivity index (χ2v) is 6.54. The molecule has 136 valence electrons. The van der Waals surface area contributed by atoms with E-state index in [9.17, 15) is 9.59 Å². The average molecular weight is 380 g/mol. The van der Waals surface area contributed by atoms with E-state index in [0.717, 1.165) is 11.3 Å². The molecule has 1 amide bonds. The Morgan fingerprint density at radius 2 is 1.70 bits per heavy atom. The molecule has 0 aliphatic rings. The molecule has 0 fully saturated rings. The van der Waals surface area contributed by atoms with Crippen LogP contribution >= 0.6 is 11.6 Å². The predicted molar refractivity (Wildman–Crippen MR) is 108 cm³/mol. The highest BCUT2D eigenvalue weighted by Crippen LogP contribution is 2.22. The standard InChI is InChI=1S/C21H18ClN3O2/c1-13-3-6-16(22)11-19(13)25-21(27)20-12-18(9-10-23-20)24-17-7-4-15(5-8-17)14(2)26/h3-12H,1-2H3,(H,23,24)(H,25,27). The zero-order chi connectivity index (χ0) is 19.4. The van der Waals surface area contributed by atoms with E-state index in [-0.39, 0.29) is 17.4 Å². The number of aryl methyl sites for hydroxylation is 1. The third kappa shape index (κ3) is 4.71. The van der Waals surface area contributed by atoms with Gasteiger partial charge in [0, 0.05) is 33.8 Å². The largest absolute Gasteiger partial charge is 0.355 e. The predicted octanol–water partition coefficient (Wildman–Crippen LogP) is 5.24. The molecule has 1 heterocycles. The number of aromatic nitrogens is 1. The van der Waals surface area contributed by atoms with Crippen molar-refractivity contribution >= 4 is 40.4 Å².